The maximum Gasteiger partial charge on any atom is 0.352 e. The van der Waals surface area contributed by atoms with Gasteiger partial charge in [-0.15, -0.1) is 11.8 Å². The second-order valence-electron chi connectivity index (χ2n) is 5.67. The fraction of sp³-hybridized carbons (Fsp3) is 0.200. The van der Waals surface area contributed by atoms with Crippen molar-refractivity contribution in [3.63, 3.8) is 0 Å². The highest BCUT2D eigenvalue weighted by molar-refractivity contribution is 8.00. The number of thioether (sulfide) groups is 1. The molecule has 1 N–H and O–H groups in total. The number of carboxylic acid groups (broad SMARTS) is 1. The molecule has 10 nitrogen and oxygen atoms in total. The maximum atomic E-state index is 12.6. The zero-order chi connectivity index (χ0) is 18.6. The van der Waals surface area contributed by atoms with Gasteiger partial charge < -0.3 is 5.11 Å². The molecule has 0 bridgehead atoms. The van der Waals surface area contributed by atoms with Crippen LogP contribution in [0.25, 0.3) is 10.4 Å². The molecule has 1 aromatic rings. The van der Waals surface area contributed by atoms with E-state index in [1.807, 2.05) is 0 Å². The first-order valence-electron chi connectivity index (χ1n) is 7.40. The molecule has 1 aromatic carbocycles. The molecule has 26 heavy (non-hydrogen) atoms. The summed E-state index contributed by atoms with van der Waals surface area (Å²) in [6.45, 7) is 0. The van der Waals surface area contributed by atoms with Crippen LogP contribution in [0.4, 0.5) is 0 Å². The van der Waals surface area contributed by atoms with Crippen LogP contribution in [-0.4, -0.2) is 55.8 Å². The third kappa shape index (κ3) is 1.98. The summed E-state index contributed by atoms with van der Waals surface area (Å²) in [6.07, 6.45) is 0. The summed E-state index contributed by atoms with van der Waals surface area (Å²) < 4.78 is 0. The smallest absolute Gasteiger partial charge is 0.352 e. The summed E-state index contributed by atoms with van der Waals surface area (Å²) in [5.74, 6) is -3.21. The Bertz CT molecular complexity index is 947. The number of rotatable bonds is 3. The van der Waals surface area contributed by atoms with E-state index in [0.29, 0.717) is 0 Å². The Morgan fingerprint density at radius 3 is 2.35 bits per heavy atom. The first kappa shape index (κ1) is 16.2. The fourth-order valence-electron chi connectivity index (χ4n) is 3.28. The van der Waals surface area contributed by atoms with Crippen molar-refractivity contribution in [3.8, 4) is 0 Å². The van der Waals surface area contributed by atoms with Crippen LogP contribution in [-0.2, 0) is 9.59 Å². The maximum absolute atomic E-state index is 12.6. The first-order valence-corrected chi connectivity index (χ1v) is 8.45. The van der Waals surface area contributed by atoms with Gasteiger partial charge >= 0.3 is 5.97 Å². The summed E-state index contributed by atoms with van der Waals surface area (Å²) in [5, 5.41) is 12.0. The minimum absolute atomic E-state index is 0.0554. The number of aliphatic carboxylic acids is 1. The molecule has 4 rings (SSSR count). The van der Waals surface area contributed by atoms with Gasteiger partial charge in [0.1, 0.15) is 17.1 Å². The number of carbonyl (C=O) groups is 4. The molecule has 0 aliphatic carbocycles. The molecule has 2 atom stereocenters. The lowest BCUT2D eigenvalue weighted by molar-refractivity contribution is -0.151. The van der Waals surface area contributed by atoms with Crippen LogP contribution in [0.2, 0.25) is 0 Å². The average Bonchev–Trinajstić information content (AvgIpc) is 2.87. The highest BCUT2D eigenvalue weighted by atomic mass is 32.2. The quantitative estimate of drug-likeness (QED) is 0.278. The average molecular weight is 371 g/mol. The Morgan fingerprint density at radius 1 is 1.19 bits per heavy atom. The highest BCUT2D eigenvalue weighted by Gasteiger charge is 2.59. The number of nitrogens with zero attached hydrogens (tertiary/aromatic N) is 5. The Hall–Kier alpha value is -3.30. The van der Waals surface area contributed by atoms with E-state index in [0.717, 1.165) is 21.6 Å². The highest BCUT2D eigenvalue weighted by Crippen LogP contribution is 2.44. The third-order valence-electron chi connectivity index (χ3n) is 4.39. The van der Waals surface area contributed by atoms with E-state index in [9.17, 15) is 24.3 Å². The van der Waals surface area contributed by atoms with Gasteiger partial charge in [-0.05, 0) is 17.7 Å². The lowest BCUT2D eigenvalue weighted by Gasteiger charge is -2.51. The topological polar surface area (TPSA) is 144 Å². The predicted octanol–water partition coefficient (Wildman–Crippen LogP) is 1.17. The van der Waals surface area contributed by atoms with Gasteiger partial charge in [-0.25, -0.2) is 4.79 Å². The van der Waals surface area contributed by atoms with Gasteiger partial charge in [0.2, 0.25) is 0 Å². The molecule has 3 aliphatic heterocycles. The molecule has 3 aliphatic rings. The Kier molecular flexibility index (Phi) is 3.49. The number of carbonyl (C=O) groups excluding carboxylic acids is 3. The Balaban J connectivity index is 1.71. The number of benzene rings is 1. The summed E-state index contributed by atoms with van der Waals surface area (Å²) in [7, 11) is 0. The van der Waals surface area contributed by atoms with Crippen LogP contribution >= 0.6 is 11.8 Å². The van der Waals surface area contributed by atoms with E-state index >= 15 is 0 Å². The van der Waals surface area contributed by atoms with Gasteiger partial charge in [-0.3, -0.25) is 24.2 Å². The van der Waals surface area contributed by atoms with Crippen molar-refractivity contribution in [1.82, 2.24) is 9.80 Å². The summed E-state index contributed by atoms with van der Waals surface area (Å²) >= 11 is 1.14. The number of hydrogen-bond donors (Lipinski definition) is 1. The van der Waals surface area contributed by atoms with Gasteiger partial charge in [-0.2, -0.15) is 0 Å². The van der Waals surface area contributed by atoms with Crippen LogP contribution in [0, 0.1) is 0 Å². The van der Waals surface area contributed by atoms with Crippen LogP contribution in [0.15, 0.2) is 40.8 Å². The molecule has 0 aromatic heterocycles. The Labute approximate surface area is 149 Å². The molecule has 0 saturated carbocycles. The number of imide groups is 1. The minimum Gasteiger partial charge on any atom is -0.477 e. The second-order valence-corrected chi connectivity index (χ2v) is 6.78. The van der Waals surface area contributed by atoms with Crippen LogP contribution in [0.5, 0.6) is 0 Å². The van der Waals surface area contributed by atoms with Crippen molar-refractivity contribution in [2.75, 3.05) is 5.75 Å². The molecule has 1 saturated heterocycles. The van der Waals surface area contributed by atoms with E-state index in [-0.39, 0.29) is 22.6 Å². The van der Waals surface area contributed by atoms with Crippen molar-refractivity contribution < 1.29 is 24.3 Å². The largest absolute Gasteiger partial charge is 0.477 e. The lowest BCUT2D eigenvalue weighted by atomic mass is 10.0. The van der Waals surface area contributed by atoms with Crippen molar-refractivity contribution in [3.05, 3.63) is 57.2 Å². The van der Waals surface area contributed by atoms with Gasteiger partial charge in [-0.1, -0.05) is 17.2 Å². The zero-order valence-electron chi connectivity index (χ0n) is 12.9. The molecule has 3 heterocycles. The first-order chi connectivity index (χ1) is 12.5. The van der Waals surface area contributed by atoms with Gasteiger partial charge in [0, 0.05) is 10.7 Å². The van der Waals surface area contributed by atoms with Crippen LogP contribution in [0.1, 0.15) is 20.7 Å². The lowest BCUT2D eigenvalue weighted by Crippen LogP contribution is -2.71. The predicted molar refractivity (Wildman–Crippen MR) is 87.6 cm³/mol. The van der Waals surface area contributed by atoms with Crippen molar-refractivity contribution in [2.24, 2.45) is 5.11 Å². The second kappa shape index (κ2) is 5.61. The molecule has 0 radical (unpaired) electrons. The molecular weight excluding hydrogens is 362 g/mol. The molecular formula is C15H9N5O5S. The van der Waals surface area contributed by atoms with Crippen molar-refractivity contribution >= 4 is 35.5 Å². The molecule has 0 spiro atoms. The standard InChI is InChI=1S/C15H9N5O5S/c16-18-17-8-5-26-14-10(13(23)20(14)9(8)15(24)25)19-11(21)6-3-1-2-4-7(6)12(19)22/h1-4,10,14H,5H2,(H,24,25)/t10?,14-/m0/s1. The Morgan fingerprint density at radius 2 is 1.81 bits per heavy atom. The number of azide groups is 1. The van der Waals surface area contributed by atoms with Crippen molar-refractivity contribution in [1.29, 1.82) is 0 Å². The number of amides is 3. The molecule has 1 unspecified atom stereocenters. The number of carboxylic acids is 1. The SMILES string of the molecule is [N-]=[N+]=NC1=C(C(=O)O)N2C(=O)C(N3C(=O)c4ccccc4C3=O)[C@@H]2SC1. The fourth-order valence-corrected chi connectivity index (χ4v) is 4.58. The monoisotopic (exact) mass is 371 g/mol. The van der Waals surface area contributed by atoms with Crippen LogP contribution in [0.3, 0.4) is 0 Å². The van der Waals surface area contributed by atoms with E-state index in [1.54, 1.807) is 12.1 Å². The van der Waals surface area contributed by atoms with E-state index < -0.39 is 40.8 Å². The normalized spacial score (nSPS) is 24.1. The number of β-lactam (4-membered cyclic amide) rings is 1. The van der Waals surface area contributed by atoms with Gasteiger partial charge in [0.05, 0.1) is 16.8 Å². The molecule has 3 amide bonds. The molecule has 1 fully saturated rings. The van der Waals surface area contributed by atoms with E-state index in [4.69, 9.17) is 5.53 Å². The number of hydrogen-bond acceptors (Lipinski definition) is 6. The summed E-state index contributed by atoms with van der Waals surface area (Å²) in [5.41, 5.74) is 8.52. The van der Waals surface area contributed by atoms with Crippen molar-refractivity contribution in [2.45, 2.75) is 11.4 Å². The third-order valence-corrected chi connectivity index (χ3v) is 5.64. The molecule has 130 valence electrons. The van der Waals surface area contributed by atoms with Gasteiger partial charge in [0.25, 0.3) is 17.7 Å². The van der Waals surface area contributed by atoms with Crippen LogP contribution < -0.4 is 0 Å². The number of fused-ring (bicyclic) bond motifs is 2. The summed E-state index contributed by atoms with van der Waals surface area (Å²) in [4.78, 5) is 53.7. The summed E-state index contributed by atoms with van der Waals surface area (Å²) in [6, 6.07) is 5.17. The zero-order valence-corrected chi connectivity index (χ0v) is 13.7. The van der Waals surface area contributed by atoms with E-state index in [1.165, 1.54) is 12.1 Å². The minimum atomic E-state index is -1.41. The molecule has 11 heteroatoms. The van der Waals surface area contributed by atoms with Gasteiger partial charge in [0.15, 0.2) is 0 Å². The van der Waals surface area contributed by atoms with E-state index in [2.05, 4.69) is 10.0 Å².